The molecular formula is C15H16FNO3S. The average molecular weight is 309 g/mol. The maximum Gasteiger partial charge on any atom is 0.237 e. The molecule has 2 rings (SSSR count). The monoisotopic (exact) mass is 309 g/mol. The van der Waals surface area contributed by atoms with Crippen LogP contribution in [-0.2, 0) is 15.8 Å². The van der Waals surface area contributed by atoms with Crippen molar-refractivity contribution in [3.05, 3.63) is 59.9 Å². The molecule has 2 aromatic carbocycles. The summed E-state index contributed by atoms with van der Waals surface area (Å²) in [4.78, 5) is 0. The fourth-order valence-corrected chi connectivity index (χ4v) is 3.05. The molecule has 4 nitrogen and oxygen atoms in total. The molecule has 0 amide bonds. The van der Waals surface area contributed by atoms with E-state index < -0.39 is 21.6 Å². The van der Waals surface area contributed by atoms with Crippen molar-refractivity contribution in [2.24, 2.45) is 0 Å². The van der Waals surface area contributed by atoms with Gasteiger partial charge in [-0.05, 0) is 25.1 Å². The molecule has 0 bridgehead atoms. The van der Waals surface area contributed by atoms with E-state index in [1.165, 1.54) is 18.2 Å². The lowest BCUT2D eigenvalue weighted by Crippen LogP contribution is -2.15. The molecule has 2 aromatic rings. The number of sulfonamides is 1. The van der Waals surface area contributed by atoms with E-state index in [1.54, 1.807) is 30.3 Å². The average Bonchev–Trinajstić information content (AvgIpc) is 2.41. The Hall–Kier alpha value is -2.08. The first kappa shape index (κ1) is 15.3. The summed E-state index contributed by atoms with van der Waals surface area (Å²) in [5.41, 5.74) is 0.517. The molecule has 0 aromatic heterocycles. The lowest BCUT2D eigenvalue weighted by molar-refractivity contribution is 0.340. The SMILES string of the molecule is CCOc1cccc(NS(=O)(=O)Cc2ccccc2F)c1. The molecule has 0 radical (unpaired) electrons. The molecule has 0 unspecified atom stereocenters. The predicted molar refractivity (Wildman–Crippen MR) is 80.3 cm³/mol. The first-order valence-electron chi connectivity index (χ1n) is 6.47. The van der Waals surface area contributed by atoms with Gasteiger partial charge in [-0.25, -0.2) is 12.8 Å². The molecule has 0 aliphatic rings. The van der Waals surface area contributed by atoms with Crippen LogP contribution in [0.4, 0.5) is 10.1 Å². The van der Waals surface area contributed by atoms with Crippen molar-refractivity contribution in [3.8, 4) is 5.75 Å². The number of rotatable bonds is 6. The third-order valence-electron chi connectivity index (χ3n) is 2.72. The second-order valence-corrected chi connectivity index (χ2v) is 6.14. The number of anilines is 1. The molecule has 0 fully saturated rings. The van der Waals surface area contributed by atoms with Crippen LogP contribution in [0.25, 0.3) is 0 Å². The summed E-state index contributed by atoms with van der Waals surface area (Å²) in [6.45, 7) is 2.33. The minimum Gasteiger partial charge on any atom is -0.494 e. The van der Waals surface area contributed by atoms with Gasteiger partial charge in [-0.15, -0.1) is 0 Å². The van der Waals surface area contributed by atoms with Crippen LogP contribution >= 0.6 is 0 Å². The van der Waals surface area contributed by atoms with Gasteiger partial charge in [0.15, 0.2) is 0 Å². The molecule has 0 heterocycles. The van der Waals surface area contributed by atoms with Crippen molar-refractivity contribution in [1.29, 1.82) is 0 Å². The van der Waals surface area contributed by atoms with Gasteiger partial charge in [0, 0.05) is 11.6 Å². The second kappa shape index (κ2) is 6.58. The molecule has 6 heteroatoms. The predicted octanol–water partition coefficient (Wildman–Crippen LogP) is 3.17. The first-order valence-corrected chi connectivity index (χ1v) is 8.12. The zero-order valence-corrected chi connectivity index (χ0v) is 12.4. The second-order valence-electron chi connectivity index (χ2n) is 4.41. The quantitative estimate of drug-likeness (QED) is 0.891. The van der Waals surface area contributed by atoms with E-state index >= 15 is 0 Å². The Kier molecular flexibility index (Phi) is 4.80. The van der Waals surface area contributed by atoms with Crippen molar-refractivity contribution in [3.63, 3.8) is 0 Å². The number of ether oxygens (including phenoxy) is 1. The van der Waals surface area contributed by atoms with Crippen LogP contribution in [0.15, 0.2) is 48.5 Å². The minimum atomic E-state index is -3.69. The lowest BCUT2D eigenvalue weighted by Gasteiger charge is -2.10. The summed E-state index contributed by atoms with van der Waals surface area (Å²) in [5, 5.41) is 0. The summed E-state index contributed by atoms with van der Waals surface area (Å²) >= 11 is 0. The van der Waals surface area contributed by atoms with Gasteiger partial charge in [-0.2, -0.15) is 0 Å². The molecule has 1 N–H and O–H groups in total. The van der Waals surface area contributed by atoms with Crippen molar-refractivity contribution in [2.45, 2.75) is 12.7 Å². The summed E-state index contributed by atoms with van der Waals surface area (Å²) in [6, 6.07) is 12.4. The Morgan fingerprint density at radius 2 is 1.90 bits per heavy atom. The molecule has 0 aliphatic carbocycles. The fraction of sp³-hybridized carbons (Fsp3) is 0.200. The van der Waals surface area contributed by atoms with E-state index in [4.69, 9.17) is 4.74 Å². The zero-order chi connectivity index (χ0) is 15.3. The van der Waals surface area contributed by atoms with Crippen molar-refractivity contribution < 1.29 is 17.5 Å². The highest BCUT2D eigenvalue weighted by Crippen LogP contribution is 2.20. The highest BCUT2D eigenvalue weighted by atomic mass is 32.2. The highest BCUT2D eigenvalue weighted by Gasteiger charge is 2.14. The van der Waals surface area contributed by atoms with Crippen molar-refractivity contribution in [1.82, 2.24) is 0 Å². The first-order chi connectivity index (χ1) is 10.00. The largest absolute Gasteiger partial charge is 0.494 e. The van der Waals surface area contributed by atoms with Crippen LogP contribution in [0.5, 0.6) is 5.75 Å². The Labute approximate surface area is 123 Å². The van der Waals surface area contributed by atoms with Gasteiger partial charge in [-0.1, -0.05) is 24.3 Å². The van der Waals surface area contributed by atoms with Crippen LogP contribution in [0.2, 0.25) is 0 Å². The molecule has 0 saturated heterocycles. The van der Waals surface area contributed by atoms with Gasteiger partial charge in [-0.3, -0.25) is 4.72 Å². The van der Waals surface area contributed by atoms with Crippen LogP contribution in [-0.4, -0.2) is 15.0 Å². The number of nitrogens with one attached hydrogen (secondary N) is 1. The van der Waals surface area contributed by atoms with Gasteiger partial charge in [0.2, 0.25) is 10.0 Å². The van der Waals surface area contributed by atoms with E-state index in [2.05, 4.69) is 4.72 Å². The number of hydrogen-bond acceptors (Lipinski definition) is 3. The maximum atomic E-state index is 13.5. The van der Waals surface area contributed by atoms with Crippen LogP contribution in [0.1, 0.15) is 12.5 Å². The molecule has 0 aliphatic heterocycles. The van der Waals surface area contributed by atoms with Gasteiger partial charge in [0.05, 0.1) is 18.0 Å². The number of hydrogen-bond donors (Lipinski definition) is 1. The standard InChI is InChI=1S/C15H16FNO3S/c1-2-20-14-8-5-7-13(10-14)17-21(18,19)11-12-6-3-4-9-15(12)16/h3-10,17H,2,11H2,1H3. The summed E-state index contributed by atoms with van der Waals surface area (Å²) < 4.78 is 45.4. The Morgan fingerprint density at radius 1 is 1.14 bits per heavy atom. The summed E-state index contributed by atoms with van der Waals surface area (Å²) in [6.07, 6.45) is 0. The normalized spacial score (nSPS) is 11.1. The van der Waals surface area contributed by atoms with E-state index in [0.717, 1.165) is 0 Å². The molecular weight excluding hydrogens is 293 g/mol. The Morgan fingerprint density at radius 3 is 2.62 bits per heavy atom. The summed E-state index contributed by atoms with van der Waals surface area (Å²) in [7, 11) is -3.69. The lowest BCUT2D eigenvalue weighted by atomic mass is 10.2. The summed E-state index contributed by atoms with van der Waals surface area (Å²) in [5.74, 6) is -0.382. The van der Waals surface area contributed by atoms with Gasteiger partial charge >= 0.3 is 0 Å². The van der Waals surface area contributed by atoms with Crippen molar-refractivity contribution in [2.75, 3.05) is 11.3 Å². The maximum absolute atomic E-state index is 13.5. The van der Waals surface area contributed by atoms with E-state index in [-0.39, 0.29) is 5.56 Å². The molecule has 0 saturated carbocycles. The number of benzene rings is 2. The van der Waals surface area contributed by atoms with Gasteiger partial charge < -0.3 is 4.74 Å². The Balaban J connectivity index is 2.14. The molecule has 0 spiro atoms. The van der Waals surface area contributed by atoms with Gasteiger partial charge in [0.25, 0.3) is 0 Å². The molecule has 21 heavy (non-hydrogen) atoms. The van der Waals surface area contributed by atoms with E-state index in [1.807, 2.05) is 6.92 Å². The van der Waals surface area contributed by atoms with Crippen LogP contribution < -0.4 is 9.46 Å². The van der Waals surface area contributed by atoms with E-state index in [0.29, 0.717) is 18.0 Å². The smallest absolute Gasteiger partial charge is 0.237 e. The topological polar surface area (TPSA) is 55.4 Å². The minimum absolute atomic E-state index is 0.131. The van der Waals surface area contributed by atoms with Gasteiger partial charge in [0.1, 0.15) is 11.6 Å². The fourth-order valence-electron chi connectivity index (χ4n) is 1.85. The van der Waals surface area contributed by atoms with Crippen LogP contribution in [0, 0.1) is 5.82 Å². The molecule has 112 valence electrons. The third-order valence-corrected chi connectivity index (χ3v) is 3.96. The van der Waals surface area contributed by atoms with Crippen molar-refractivity contribution >= 4 is 15.7 Å². The zero-order valence-electron chi connectivity index (χ0n) is 11.5. The third kappa shape index (κ3) is 4.46. The number of halogens is 1. The van der Waals surface area contributed by atoms with Crippen LogP contribution in [0.3, 0.4) is 0 Å². The van der Waals surface area contributed by atoms with E-state index in [9.17, 15) is 12.8 Å². The molecule has 0 atom stereocenters. The highest BCUT2D eigenvalue weighted by molar-refractivity contribution is 7.91. The Bertz CT molecular complexity index is 716.